The first kappa shape index (κ1) is 31.4. The molecule has 12 heteroatoms. The number of ether oxygens (including phenoxy) is 1. The van der Waals surface area contributed by atoms with E-state index in [1.54, 1.807) is 59.7 Å². The summed E-state index contributed by atoms with van der Waals surface area (Å²) in [5, 5.41) is 14.1. The highest BCUT2D eigenvalue weighted by molar-refractivity contribution is 7.90. The van der Waals surface area contributed by atoms with Gasteiger partial charge in [0.2, 0.25) is 0 Å². The Morgan fingerprint density at radius 2 is 1.67 bits per heavy atom. The Labute approximate surface area is 248 Å². The van der Waals surface area contributed by atoms with Crippen molar-refractivity contribution in [3.8, 4) is 5.75 Å². The number of nitrogens with zero attached hydrogens (tertiary/aromatic N) is 2. The van der Waals surface area contributed by atoms with Gasteiger partial charge in [-0.05, 0) is 72.4 Å². The fourth-order valence-corrected chi connectivity index (χ4v) is 5.11. The van der Waals surface area contributed by atoms with E-state index in [4.69, 9.17) is 4.74 Å². The smallest absolute Gasteiger partial charge is 0.252 e. The molecule has 3 aromatic carbocycles. The van der Waals surface area contributed by atoms with Crippen LogP contribution in [0.15, 0.2) is 85.5 Å². The SMILES string of the molecule is CS(=O)(=O)CCC(NC(=O)c1cc(OC(Cn2ccnc2)c2ccc(F)cc2)ccc1CCc1ccc(F)cc1)C(=O)[O-]. The van der Waals surface area contributed by atoms with Crippen LogP contribution in [0, 0.1) is 11.6 Å². The molecule has 0 fully saturated rings. The summed E-state index contributed by atoms with van der Waals surface area (Å²) in [5.74, 6) is -3.33. The van der Waals surface area contributed by atoms with Crippen molar-refractivity contribution in [2.75, 3.05) is 12.0 Å². The second-order valence-corrected chi connectivity index (χ2v) is 12.4. The van der Waals surface area contributed by atoms with Gasteiger partial charge in [0, 0.05) is 24.2 Å². The Kier molecular flexibility index (Phi) is 10.3. The number of halogens is 2. The van der Waals surface area contributed by atoms with Crippen molar-refractivity contribution in [2.45, 2.75) is 38.0 Å². The molecule has 1 heterocycles. The zero-order valence-corrected chi connectivity index (χ0v) is 24.1. The molecule has 4 aromatic rings. The predicted molar refractivity (Wildman–Crippen MR) is 153 cm³/mol. The molecule has 0 aliphatic rings. The monoisotopic (exact) mass is 610 g/mol. The minimum Gasteiger partial charge on any atom is -0.548 e. The van der Waals surface area contributed by atoms with E-state index >= 15 is 0 Å². The number of nitrogens with one attached hydrogen (secondary N) is 1. The number of benzene rings is 3. The lowest BCUT2D eigenvalue weighted by molar-refractivity contribution is -0.308. The third-order valence-electron chi connectivity index (χ3n) is 6.75. The van der Waals surface area contributed by atoms with Gasteiger partial charge in [-0.3, -0.25) is 4.79 Å². The Morgan fingerprint density at radius 3 is 2.28 bits per heavy atom. The Morgan fingerprint density at radius 1 is 1.00 bits per heavy atom. The number of aliphatic carboxylic acids is 1. The highest BCUT2D eigenvalue weighted by Crippen LogP contribution is 2.27. The van der Waals surface area contributed by atoms with Gasteiger partial charge >= 0.3 is 0 Å². The van der Waals surface area contributed by atoms with Gasteiger partial charge in [0.25, 0.3) is 5.91 Å². The molecule has 0 bridgehead atoms. The molecule has 0 saturated carbocycles. The van der Waals surface area contributed by atoms with Crippen LogP contribution in [0.3, 0.4) is 0 Å². The Balaban J connectivity index is 1.64. The topological polar surface area (TPSA) is 130 Å². The van der Waals surface area contributed by atoms with Crippen molar-refractivity contribution in [1.82, 2.24) is 14.9 Å². The number of hydrogen-bond donors (Lipinski definition) is 1. The highest BCUT2D eigenvalue weighted by atomic mass is 32.2. The van der Waals surface area contributed by atoms with Crippen LogP contribution in [-0.4, -0.2) is 47.9 Å². The summed E-state index contributed by atoms with van der Waals surface area (Å²) in [4.78, 5) is 29.2. The molecular weight excluding hydrogens is 580 g/mol. The lowest BCUT2D eigenvalue weighted by Crippen LogP contribution is -2.48. The Bertz CT molecular complexity index is 1640. The number of aromatic nitrogens is 2. The van der Waals surface area contributed by atoms with Crippen LogP contribution in [0.1, 0.15) is 39.6 Å². The van der Waals surface area contributed by atoms with E-state index in [0.29, 0.717) is 30.5 Å². The third kappa shape index (κ3) is 9.47. The summed E-state index contributed by atoms with van der Waals surface area (Å²) in [5.41, 5.74) is 2.16. The molecule has 4 rings (SSSR count). The van der Waals surface area contributed by atoms with Gasteiger partial charge in [0.1, 0.15) is 33.3 Å². The van der Waals surface area contributed by atoms with Crippen LogP contribution in [-0.2, 0) is 34.0 Å². The number of carboxylic acids is 1. The minimum absolute atomic E-state index is 0.116. The molecule has 0 saturated heterocycles. The van der Waals surface area contributed by atoms with Gasteiger partial charge in [-0.25, -0.2) is 22.2 Å². The number of carbonyl (C=O) groups is 2. The fraction of sp³-hybridized carbons (Fsp3) is 0.258. The first-order valence-corrected chi connectivity index (χ1v) is 15.5. The van der Waals surface area contributed by atoms with Crippen LogP contribution in [0.2, 0.25) is 0 Å². The van der Waals surface area contributed by atoms with Gasteiger partial charge in [0.05, 0.1) is 30.6 Å². The van der Waals surface area contributed by atoms with Gasteiger partial charge in [-0.15, -0.1) is 0 Å². The van der Waals surface area contributed by atoms with Crippen molar-refractivity contribution in [2.24, 2.45) is 0 Å². The first-order valence-electron chi connectivity index (χ1n) is 13.4. The van der Waals surface area contributed by atoms with Gasteiger partial charge in [-0.2, -0.15) is 0 Å². The number of hydrogen-bond acceptors (Lipinski definition) is 7. The van der Waals surface area contributed by atoms with E-state index in [2.05, 4.69) is 10.3 Å². The second-order valence-electron chi connectivity index (χ2n) is 10.1. The first-order chi connectivity index (χ1) is 20.5. The number of aryl methyl sites for hydroxylation is 2. The van der Waals surface area contributed by atoms with E-state index in [9.17, 15) is 31.9 Å². The molecule has 0 radical (unpaired) electrons. The average molecular weight is 611 g/mol. The quantitative estimate of drug-likeness (QED) is 0.232. The molecule has 226 valence electrons. The number of imidazole rings is 1. The predicted octanol–water partition coefficient (Wildman–Crippen LogP) is 3.05. The van der Waals surface area contributed by atoms with Crippen molar-refractivity contribution in [1.29, 1.82) is 0 Å². The lowest BCUT2D eigenvalue weighted by atomic mass is 9.98. The van der Waals surface area contributed by atoms with Crippen molar-refractivity contribution in [3.05, 3.63) is 119 Å². The molecular formula is C31H30F2N3O6S-. The summed E-state index contributed by atoms with van der Waals surface area (Å²) in [6.07, 6.45) is 5.76. The van der Waals surface area contributed by atoms with Crippen LogP contribution >= 0.6 is 0 Å². The Hall–Kier alpha value is -4.58. The minimum atomic E-state index is -3.49. The van der Waals surface area contributed by atoms with Crippen LogP contribution < -0.4 is 15.2 Å². The van der Waals surface area contributed by atoms with E-state index in [0.717, 1.165) is 11.8 Å². The van der Waals surface area contributed by atoms with Crippen LogP contribution in [0.25, 0.3) is 0 Å². The fourth-order valence-electron chi connectivity index (χ4n) is 4.44. The summed E-state index contributed by atoms with van der Waals surface area (Å²) in [6, 6.07) is 15.0. The molecule has 9 nitrogen and oxygen atoms in total. The normalized spacial score (nSPS) is 12.8. The van der Waals surface area contributed by atoms with Crippen molar-refractivity contribution < 1.29 is 36.6 Å². The zero-order valence-electron chi connectivity index (χ0n) is 23.3. The molecule has 1 aromatic heterocycles. The van der Waals surface area contributed by atoms with Crippen LogP contribution in [0.4, 0.5) is 8.78 Å². The molecule has 2 unspecified atom stereocenters. The maximum absolute atomic E-state index is 13.6. The standard InChI is InChI=1S/C31H31F2N3O6S/c1-43(40,41)17-14-28(31(38)39)35-30(37)27-18-26(13-8-22(27)5-2-21-3-9-24(32)10-4-21)42-29(19-36-16-15-34-20-36)23-6-11-25(33)12-7-23/h3-4,6-13,15-16,18,20,28-29H,2,5,14,17,19H2,1H3,(H,35,37)(H,38,39)/p-1. The number of sulfone groups is 1. The number of rotatable bonds is 14. The third-order valence-corrected chi connectivity index (χ3v) is 7.72. The van der Waals surface area contributed by atoms with Gasteiger partial charge < -0.3 is 24.5 Å². The molecule has 2 atom stereocenters. The summed E-state index contributed by atoms with van der Waals surface area (Å²) >= 11 is 0. The van der Waals surface area contributed by atoms with E-state index in [1.165, 1.54) is 30.3 Å². The largest absolute Gasteiger partial charge is 0.548 e. The number of carbonyl (C=O) groups excluding carboxylic acids is 2. The molecule has 1 N–H and O–H groups in total. The van der Waals surface area contributed by atoms with Crippen molar-refractivity contribution >= 4 is 21.7 Å². The molecule has 0 spiro atoms. The molecule has 1 amide bonds. The van der Waals surface area contributed by atoms with Gasteiger partial charge in [0.15, 0.2) is 0 Å². The summed E-state index contributed by atoms with van der Waals surface area (Å²) < 4.78 is 58.3. The summed E-state index contributed by atoms with van der Waals surface area (Å²) in [7, 11) is -3.49. The van der Waals surface area contributed by atoms with Gasteiger partial charge in [-0.1, -0.05) is 30.3 Å². The van der Waals surface area contributed by atoms with E-state index in [-0.39, 0.29) is 23.6 Å². The average Bonchev–Trinajstić information content (AvgIpc) is 3.48. The highest BCUT2D eigenvalue weighted by Gasteiger charge is 2.21. The number of amides is 1. The second kappa shape index (κ2) is 14.1. The number of carboxylic acid groups (broad SMARTS) is 1. The van der Waals surface area contributed by atoms with E-state index < -0.39 is 45.4 Å². The van der Waals surface area contributed by atoms with Crippen molar-refractivity contribution in [3.63, 3.8) is 0 Å². The zero-order chi connectivity index (χ0) is 31.0. The molecule has 0 aliphatic carbocycles. The molecule has 0 aliphatic heterocycles. The molecule has 43 heavy (non-hydrogen) atoms. The summed E-state index contributed by atoms with van der Waals surface area (Å²) in [6.45, 7) is 0.317. The van der Waals surface area contributed by atoms with E-state index in [1.807, 2.05) is 0 Å². The maximum atomic E-state index is 13.6. The maximum Gasteiger partial charge on any atom is 0.252 e. The van der Waals surface area contributed by atoms with Crippen LogP contribution in [0.5, 0.6) is 5.75 Å². The lowest BCUT2D eigenvalue weighted by Gasteiger charge is -2.23.